The maximum Gasteiger partial charge on any atom is 0.434 e. The molecule has 27 heavy (non-hydrogen) atoms. The summed E-state index contributed by atoms with van der Waals surface area (Å²) in [5, 5.41) is 3.82. The number of hydrogen-bond acceptors (Lipinski definition) is 3. The van der Waals surface area contributed by atoms with E-state index in [9.17, 15) is 22.8 Å². The lowest BCUT2D eigenvalue weighted by Crippen LogP contribution is -2.42. The molecule has 1 aliphatic rings. The molecule has 1 aromatic heterocycles. The summed E-state index contributed by atoms with van der Waals surface area (Å²) in [6.45, 7) is 2.18. The van der Waals surface area contributed by atoms with Crippen molar-refractivity contribution in [3.05, 3.63) is 47.3 Å². The van der Waals surface area contributed by atoms with E-state index in [1.165, 1.54) is 17.0 Å². The van der Waals surface area contributed by atoms with Crippen LogP contribution in [0, 0.1) is 12.8 Å². The monoisotopic (exact) mass is 380 g/mol. The molecule has 0 bridgehead atoms. The number of likely N-dealkylation sites (tertiary alicyclic amines) is 1. The number of rotatable bonds is 3. The second-order valence-electron chi connectivity index (χ2n) is 6.62. The van der Waals surface area contributed by atoms with Crippen molar-refractivity contribution in [2.24, 2.45) is 11.7 Å². The number of amides is 2. The molecule has 2 aromatic rings. The van der Waals surface area contributed by atoms with Crippen molar-refractivity contribution in [2.45, 2.75) is 25.9 Å². The molecule has 2 heterocycles. The maximum atomic E-state index is 13.7. The van der Waals surface area contributed by atoms with E-state index < -0.39 is 29.2 Å². The SMILES string of the molecule is Cc1ccc(-n2ncc(C(=O)N3CCC(C(N)=O)CC3)c2C(F)(F)F)cc1. The first-order chi connectivity index (χ1) is 12.7. The molecule has 144 valence electrons. The second-order valence-corrected chi connectivity index (χ2v) is 6.62. The molecule has 1 fully saturated rings. The van der Waals surface area contributed by atoms with Crippen LogP contribution in [-0.2, 0) is 11.0 Å². The van der Waals surface area contributed by atoms with Crippen LogP contribution in [0.3, 0.4) is 0 Å². The highest BCUT2D eigenvalue weighted by atomic mass is 19.4. The van der Waals surface area contributed by atoms with Crippen molar-refractivity contribution in [1.29, 1.82) is 0 Å². The summed E-state index contributed by atoms with van der Waals surface area (Å²) in [6, 6.07) is 6.38. The third kappa shape index (κ3) is 3.81. The molecule has 2 N–H and O–H groups in total. The molecular formula is C18H19F3N4O2. The van der Waals surface area contributed by atoms with Crippen LogP contribution >= 0.6 is 0 Å². The topological polar surface area (TPSA) is 81.2 Å². The highest BCUT2D eigenvalue weighted by Crippen LogP contribution is 2.34. The molecule has 9 heteroatoms. The van der Waals surface area contributed by atoms with Crippen LogP contribution in [-0.4, -0.2) is 39.6 Å². The predicted octanol–water partition coefficient (Wildman–Crippen LogP) is 2.54. The van der Waals surface area contributed by atoms with Gasteiger partial charge in [0.05, 0.1) is 17.4 Å². The molecule has 0 radical (unpaired) electrons. The fourth-order valence-corrected chi connectivity index (χ4v) is 3.20. The zero-order chi connectivity index (χ0) is 19.8. The van der Waals surface area contributed by atoms with Gasteiger partial charge >= 0.3 is 6.18 Å². The number of aryl methyl sites for hydroxylation is 1. The number of halogens is 3. The average molecular weight is 380 g/mol. The molecule has 3 rings (SSSR count). The summed E-state index contributed by atoms with van der Waals surface area (Å²) >= 11 is 0. The second kappa shape index (κ2) is 7.05. The minimum absolute atomic E-state index is 0.180. The molecule has 1 aromatic carbocycles. The molecule has 0 atom stereocenters. The van der Waals surface area contributed by atoms with Crippen LogP contribution in [0.25, 0.3) is 5.69 Å². The fourth-order valence-electron chi connectivity index (χ4n) is 3.20. The normalized spacial score (nSPS) is 15.8. The van der Waals surface area contributed by atoms with E-state index in [1.807, 2.05) is 6.92 Å². The van der Waals surface area contributed by atoms with Gasteiger partial charge in [-0.25, -0.2) is 4.68 Å². The number of benzene rings is 1. The molecule has 0 spiro atoms. The molecular weight excluding hydrogens is 361 g/mol. The van der Waals surface area contributed by atoms with Crippen molar-refractivity contribution in [3.8, 4) is 5.69 Å². The number of hydrogen-bond donors (Lipinski definition) is 1. The van der Waals surface area contributed by atoms with E-state index in [4.69, 9.17) is 5.73 Å². The Balaban J connectivity index is 1.93. The predicted molar refractivity (Wildman–Crippen MR) is 91.1 cm³/mol. The molecule has 1 aliphatic heterocycles. The first-order valence-corrected chi connectivity index (χ1v) is 8.49. The van der Waals surface area contributed by atoms with Gasteiger partial charge in [-0.3, -0.25) is 9.59 Å². The van der Waals surface area contributed by atoms with E-state index in [1.54, 1.807) is 12.1 Å². The number of primary amides is 1. The molecule has 2 amide bonds. The van der Waals surface area contributed by atoms with Gasteiger partial charge in [-0.2, -0.15) is 18.3 Å². The highest BCUT2D eigenvalue weighted by molar-refractivity contribution is 5.95. The molecule has 6 nitrogen and oxygen atoms in total. The first-order valence-electron chi connectivity index (χ1n) is 8.49. The summed E-state index contributed by atoms with van der Waals surface area (Å²) in [4.78, 5) is 25.2. The molecule has 0 saturated carbocycles. The Bertz CT molecular complexity index is 850. The minimum atomic E-state index is -4.75. The van der Waals surface area contributed by atoms with Gasteiger partial charge in [-0.1, -0.05) is 17.7 Å². The highest BCUT2D eigenvalue weighted by Gasteiger charge is 2.42. The number of carbonyl (C=O) groups is 2. The summed E-state index contributed by atoms with van der Waals surface area (Å²) < 4.78 is 41.9. The van der Waals surface area contributed by atoms with Crippen LogP contribution in [0.5, 0.6) is 0 Å². The number of nitrogens with zero attached hydrogens (tertiary/aromatic N) is 3. The van der Waals surface area contributed by atoms with Crippen LogP contribution in [0.2, 0.25) is 0 Å². The van der Waals surface area contributed by atoms with Crippen LogP contribution < -0.4 is 5.73 Å². The Morgan fingerprint density at radius 3 is 2.26 bits per heavy atom. The zero-order valence-corrected chi connectivity index (χ0v) is 14.7. The Hall–Kier alpha value is -2.84. The maximum absolute atomic E-state index is 13.7. The van der Waals surface area contributed by atoms with E-state index in [0.29, 0.717) is 12.8 Å². The van der Waals surface area contributed by atoms with Gasteiger partial charge in [0.25, 0.3) is 5.91 Å². The lowest BCUT2D eigenvalue weighted by Gasteiger charge is -2.30. The van der Waals surface area contributed by atoms with Crippen LogP contribution in [0.1, 0.15) is 34.5 Å². The number of alkyl halides is 3. The van der Waals surface area contributed by atoms with Crippen LogP contribution in [0.15, 0.2) is 30.5 Å². The van der Waals surface area contributed by atoms with Crippen molar-refractivity contribution in [1.82, 2.24) is 14.7 Å². The minimum Gasteiger partial charge on any atom is -0.369 e. The van der Waals surface area contributed by atoms with Gasteiger partial charge in [0.2, 0.25) is 5.91 Å². The summed E-state index contributed by atoms with van der Waals surface area (Å²) in [6.07, 6.45) is -3.12. The molecule has 1 saturated heterocycles. The standard InChI is InChI=1S/C18H19F3N4O2/c1-11-2-4-13(5-3-11)25-15(18(19,20)21)14(10-23-25)17(27)24-8-6-12(7-9-24)16(22)26/h2-5,10,12H,6-9H2,1H3,(H2,22,26). The molecule has 0 aliphatic carbocycles. The summed E-state index contributed by atoms with van der Waals surface area (Å²) in [5.74, 6) is -1.56. The number of aromatic nitrogens is 2. The van der Waals surface area contributed by atoms with Gasteiger partial charge in [0.15, 0.2) is 5.69 Å². The quantitative estimate of drug-likeness (QED) is 0.889. The first kappa shape index (κ1) is 18.9. The van der Waals surface area contributed by atoms with Gasteiger partial charge in [-0.15, -0.1) is 0 Å². The van der Waals surface area contributed by atoms with Gasteiger partial charge in [-0.05, 0) is 31.9 Å². The zero-order valence-electron chi connectivity index (χ0n) is 14.7. The summed E-state index contributed by atoms with van der Waals surface area (Å²) in [7, 11) is 0. The average Bonchev–Trinajstić information content (AvgIpc) is 3.07. The lowest BCUT2D eigenvalue weighted by atomic mass is 9.96. The Labute approximate surface area is 153 Å². The van der Waals surface area contributed by atoms with E-state index in [2.05, 4.69) is 5.10 Å². The van der Waals surface area contributed by atoms with Gasteiger partial charge in [0, 0.05) is 19.0 Å². The largest absolute Gasteiger partial charge is 0.434 e. The molecule has 0 unspecified atom stereocenters. The lowest BCUT2D eigenvalue weighted by molar-refractivity contribution is -0.143. The van der Waals surface area contributed by atoms with Gasteiger partial charge in [0.1, 0.15) is 0 Å². The van der Waals surface area contributed by atoms with Gasteiger partial charge < -0.3 is 10.6 Å². The van der Waals surface area contributed by atoms with Crippen molar-refractivity contribution >= 4 is 11.8 Å². The Kier molecular flexibility index (Phi) is 4.95. The number of carbonyl (C=O) groups excluding carboxylic acids is 2. The summed E-state index contributed by atoms with van der Waals surface area (Å²) in [5.41, 5.74) is 4.77. The van der Waals surface area contributed by atoms with Crippen molar-refractivity contribution < 1.29 is 22.8 Å². The van der Waals surface area contributed by atoms with E-state index in [0.717, 1.165) is 16.4 Å². The number of piperidine rings is 1. The Morgan fingerprint density at radius 1 is 1.15 bits per heavy atom. The van der Waals surface area contributed by atoms with Crippen molar-refractivity contribution in [2.75, 3.05) is 13.1 Å². The van der Waals surface area contributed by atoms with Crippen LogP contribution in [0.4, 0.5) is 13.2 Å². The Morgan fingerprint density at radius 2 is 1.74 bits per heavy atom. The fraction of sp³-hybridized carbons (Fsp3) is 0.389. The number of nitrogens with two attached hydrogens (primary N) is 1. The van der Waals surface area contributed by atoms with E-state index in [-0.39, 0.29) is 24.7 Å². The van der Waals surface area contributed by atoms with Crippen molar-refractivity contribution in [3.63, 3.8) is 0 Å². The third-order valence-electron chi connectivity index (χ3n) is 4.73. The third-order valence-corrected chi connectivity index (χ3v) is 4.73. The van der Waals surface area contributed by atoms with E-state index >= 15 is 0 Å². The smallest absolute Gasteiger partial charge is 0.369 e.